The van der Waals surface area contributed by atoms with Gasteiger partial charge in [0, 0.05) is 43.6 Å². The van der Waals surface area contributed by atoms with Crippen LogP contribution in [-0.4, -0.2) is 47.8 Å². The van der Waals surface area contributed by atoms with Gasteiger partial charge in [-0.05, 0) is 24.6 Å². The van der Waals surface area contributed by atoms with Crippen LogP contribution in [0.15, 0.2) is 23.1 Å². The number of thiol groups is 1. The molecule has 1 heterocycles. The molecule has 4 nitrogen and oxygen atoms in total. The van der Waals surface area contributed by atoms with Gasteiger partial charge in [0.1, 0.15) is 5.82 Å². The van der Waals surface area contributed by atoms with Crippen molar-refractivity contribution in [2.75, 3.05) is 26.2 Å². The van der Waals surface area contributed by atoms with Crippen LogP contribution < -0.4 is 0 Å². The third kappa shape index (κ3) is 3.30. The summed E-state index contributed by atoms with van der Waals surface area (Å²) in [5.41, 5.74) is 0.424. The quantitative estimate of drug-likeness (QED) is 0.803. The lowest BCUT2D eigenvalue weighted by molar-refractivity contribution is -0.128. The predicted molar refractivity (Wildman–Crippen MR) is 76.4 cm³/mol. The van der Waals surface area contributed by atoms with Crippen molar-refractivity contribution in [2.24, 2.45) is 0 Å². The average Bonchev–Trinajstić information content (AvgIpc) is 2.67. The van der Waals surface area contributed by atoms with Crippen molar-refractivity contribution in [1.82, 2.24) is 9.80 Å². The molecule has 1 aromatic carbocycles. The highest BCUT2D eigenvalue weighted by Crippen LogP contribution is 2.16. The molecule has 0 spiro atoms. The SMILES string of the molecule is CC(=O)N1CCCN(C(=O)c2ccc(F)c(S)c2)CC1. The Hall–Kier alpha value is -1.56. The largest absolute Gasteiger partial charge is 0.341 e. The number of amides is 2. The Morgan fingerprint density at radius 1 is 1.15 bits per heavy atom. The second-order valence-corrected chi connectivity index (χ2v) is 5.30. The summed E-state index contributed by atoms with van der Waals surface area (Å²) >= 11 is 3.99. The minimum absolute atomic E-state index is 0.0266. The van der Waals surface area contributed by atoms with Crippen molar-refractivity contribution in [3.63, 3.8) is 0 Å². The van der Waals surface area contributed by atoms with Crippen LogP contribution >= 0.6 is 12.6 Å². The summed E-state index contributed by atoms with van der Waals surface area (Å²) in [6.07, 6.45) is 0.750. The molecule has 1 aliphatic rings. The van der Waals surface area contributed by atoms with Crippen molar-refractivity contribution < 1.29 is 14.0 Å². The number of halogens is 1. The van der Waals surface area contributed by atoms with Gasteiger partial charge in [0.05, 0.1) is 0 Å². The van der Waals surface area contributed by atoms with Gasteiger partial charge in [0.25, 0.3) is 5.91 Å². The van der Waals surface area contributed by atoms with E-state index in [9.17, 15) is 14.0 Å². The maximum Gasteiger partial charge on any atom is 0.253 e. The van der Waals surface area contributed by atoms with Crippen LogP contribution in [0.5, 0.6) is 0 Å². The van der Waals surface area contributed by atoms with Gasteiger partial charge in [0.15, 0.2) is 0 Å². The topological polar surface area (TPSA) is 40.6 Å². The van der Waals surface area contributed by atoms with E-state index in [-0.39, 0.29) is 16.7 Å². The molecule has 0 N–H and O–H groups in total. The zero-order chi connectivity index (χ0) is 14.7. The third-order valence-corrected chi connectivity index (χ3v) is 3.76. The van der Waals surface area contributed by atoms with Crippen molar-refractivity contribution >= 4 is 24.4 Å². The maximum absolute atomic E-state index is 13.2. The highest BCUT2D eigenvalue weighted by molar-refractivity contribution is 7.80. The summed E-state index contributed by atoms with van der Waals surface area (Å²) in [6.45, 7) is 3.83. The molecule has 1 saturated heterocycles. The van der Waals surface area contributed by atoms with Crippen LogP contribution in [0.2, 0.25) is 0 Å². The minimum Gasteiger partial charge on any atom is -0.341 e. The number of rotatable bonds is 1. The fourth-order valence-electron chi connectivity index (χ4n) is 2.26. The maximum atomic E-state index is 13.2. The first kappa shape index (κ1) is 14.8. The molecular formula is C14H17FN2O2S. The lowest BCUT2D eigenvalue weighted by atomic mass is 10.2. The molecule has 0 radical (unpaired) electrons. The summed E-state index contributed by atoms with van der Waals surface area (Å²) in [7, 11) is 0. The van der Waals surface area contributed by atoms with Crippen molar-refractivity contribution in [1.29, 1.82) is 0 Å². The Balaban J connectivity index is 2.09. The monoisotopic (exact) mass is 296 g/mol. The molecule has 0 aliphatic carbocycles. The van der Waals surface area contributed by atoms with Gasteiger partial charge < -0.3 is 9.80 Å². The smallest absolute Gasteiger partial charge is 0.253 e. The molecule has 0 bridgehead atoms. The molecule has 0 aromatic heterocycles. The molecule has 1 aromatic rings. The zero-order valence-corrected chi connectivity index (χ0v) is 12.2. The van der Waals surface area contributed by atoms with Crippen LogP contribution in [0.1, 0.15) is 23.7 Å². The lowest BCUT2D eigenvalue weighted by Crippen LogP contribution is -2.36. The second-order valence-electron chi connectivity index (χ2n) is 4.82. The van der Waals surface area contributed by atoms with E-state index in [1.165, 1.54) is 25.1 Å². The molecule has 6 heteroatoms. The van der Waals surface area contributed by atoms with Crippen molar-refractivity contribution in [3.05, 3.63) is 29.6 Å². The number of hydrogen-bond acceptors (Lipinski definition) is 3. The van der Waals surface area contributed by atoms with Gasteiger partial charge in [-0.15, -0.1) is 12.6 Å². The van der Waals surface area contributed by atoms with Crippen LogP contribution in [-0.2, 0) is 4.79 Å². The molecule has 0 unspecified atom stereocenters. The average molecular weight is 296 g/mol. The van der Waals surface area contributed by atoms with Gasteiger partial charge in [-0.3, -0.25) is 9.59 Å². The van der Waals surface area contributed by atoms with E-state index in [1.54, 1.807) is 9.80 Å². The Labute approximate surface area is 123 Å². The predicted octanol–water partition coefficient (Wildman–Crippen LogP) is 1.81. The van der Waals surface area contributed by atoms with E-state index >= 15 is 0 Å². The van der Waals surface area contributed by atoms with Gasteiger partial charge in [-0.2, -0.15) is 0 Å². The first-order chi connectivity index (χ1) is 9.49. The van der Waals surface area contributed by atoms with Crippen LogP contribution in [0, 0.1) is 5.82 Å². The Morgan fingerprint density at radius 3 is 2.45 bits per heavy atom. The molecule has 1 aliphatic heterocycles. The Morgan fingerprint density at radius 2 is 1.80 bits per heavy atom. The van der Waals surface area contributed by atoms with Gasteiger partial charge in [-0.1, -0.05) is 0 Å². The third-order valence-electron chi connectivity index (χ3n) is 3.42. The molecule has 108 valence electrons. The normalized spacial score (nSPS) is 15.9. The summed E-state index contributed by atoms with van der Waals surface area (Å²) < 4.78 is 13.2. The molecule has 1 fully saturated rings. The number of carbonyl (C=O) groups is 2. The summed E-state index contributed by atoms with van der Waals surface area (Å²) in [4.78, 5) is 27.3. The van der Waals surface area contributed by atoms with E-state index in [1.807, 2.05) is 0 Å². The number of nitrogens with zero attached hydrogens (tertiary/aromatic N) is 2. The molecule has 2 rings (SSSR count). The van der Waals surface area contributed by atoms with Crippen LogP contribution in [0.25, 0.3) is 0 Å². The summed E-state index contributed by atoms with van der Waals surface area (Å²) in [5, 5.41) is 0. The van der Waals surface area contributed by atoms with E-state index in [0.29, 0.717) is 31.7 Å². The Bertz CT molecular complexity index is 536. The van der Waals surface area contributed by atoms with Crippen molar-refractivity contribution in [2.45, 2.75) is 18.2 Å². The molecule has 20 heavy (non-hydrogen) atoms. The standard InChI is InChI=1S/C14H17FN2O2S/c1-10(18)16-5-2-6-17(8-7-16)14(19)11-3-4-12(15)13(20)9-11/h3-4,9,20H,2,5-8H2,1H3. The number of carbonyl (C=O) groups excluding carboxylic acids is 2. The van der Waals surface area contributed by atoms with Gasteiger partial charge in [0.2, 0.25) is 5.91 Å². The van der Waals surface area contributed by atoms with E-state index in [0.717, 1.165) is 6.42 Å². The highest BCUT2D eigenvalue weighted by atomic mass is 32.1. The number of benzene rings is 1. The highest BCUT2D eigenvalue weighted by Gasteiger charge is 2.21. The van der Waals surface area contributed by atoms with E-state index in [2.05, 4.69) is 12.6 Å². The number of hydrogen-bond donors (Lipinski definition) is 1. The molecule has 2 amide bonds. The Kier molecular flexibility index (Phi) is 4.65. The summed E-state index contributed by atoms with van der Waals surface area (Å²) in [5.74, 6) is -0.562. The second kappa shape index (κ2) is 6.26. The lowest BCUT2D eigenvalue weighted by Gasteiger charge is -2.21. The van der Waals surface area contributed by atoms with E-state index in [4.69, 9.17) is 0 Å². The zero-order valence-electron chi connectivity index (χ0n) is 11.3. The fraction of sp³-hybridized carbons (Fsp3) is 0.429. The fourth-order valence-corrected chi connectivity index (χ4v) is 2.48. The summed E-state index contributed by atoms with van der Waals surface area (Å²) in [6, 6.07) is 4.15. The van der Waals surface area contributed by atoms with Crippen LogP contribution in [0.3, 0.4) is 0 Å². The first-order valence-corrected chi connectivity index (χ1v) is 6.97. The molecule has 0 atom stereocenters. The molecular weight excluding hydrogens is 279 g/mol. The van der Waals surface area contributed by atoms with Crippen LogP contribution in [0.4, 0.5) is 4.39 Å². The van der Waals surface area contributed by atoms with E-state index < -0.39 is 5.82 Å². The first-order valence-electron chi connectivity index (χ1n) is 6.52. The molecule has 0 saturated carbocycles. The van der Waals surface area contributed by atoms with Gasteiger partial charge >= 0.3 is 0 Å². The minimum atomic E-state index is -0.441. The van der Waals surface area contributed by atoms with Gasteiger partial charge in [-0.25, -0.2) is 4.39 Å². The van der Waals surface area contributed by atoms with Crippen molar-refractivity contribution in [3.8, 4) is 0 Å².